The van der Waals surface area contributed by atoms with Gasteiger partial charge in [-0.1, -0.05) is 121 Å². The summed E-state index contributed by atoms with van der Waals surface area (Å²) in [5, 5.41) is 6.53. The minimum absolute atomic E-state index is 0.563. The van der Waals surface area contributed by atoms with Gasteiger partial charge in [0.25, 0.3) is 0 Å². The van der Waals surface area contributed by atoms with E-state index in [9.17, 15) is 0 Å². The highest BCUT2D eigenvalue weighted by atomic mass is 16.3. The lowest BCUT2D eigenvalue weighted by atomic mass is 9.97. The molecule has 12 rings (SSSR count). The summed E-state index contributed by atoms with van der Waals surface area (Å²) in [7, 11) is 0. The van der Waals surface area contributed by atoms with Crippen molar-refractivity contribution >= 4 is 65.7 Å². The maximum atomic E-state index is 6.56. The number of hydrogen-bond donors (Lipinski definition) is 0. The highest BCUT2D eigenvalue weighted by molar-refractivity contribution is 6.17. The third-order valence-electron chi connectivity index (χ3n) is 11.1. The molecule has 4 heterocycles. The second-order valence-corrected chi connectivity index (χ2v) is 14.4. The lowest BCUT2D eigenvalue weighted by molar-refractivity contribution is 0.668. The van der Waals surface area contributed by atoms with Crippen LogP contribution in [0.4, 0.5) is 0 Å². The molecule has 0 aliphatic carbocycles. The molecule has 4 aromatic heterocycles. The van der Waals surface area contributed by atoms with Crippen LogP contribution < -0.4 is 0 Å². The maximum absolute atomic E-state index is 6.56. The fourth-order valence-corrected chi connectivity index (χ4v) is 8.50. The Bertz CT molecular complexity index is 3530. The Morgan fingerprint density at radius 1 is 0.333 bits per heavy atom. The summed E-state index contributed by atoms with van der Waals surface area (Å²) in [4.78, 5) is 15.2. The van der Waals surface area contributed by atoms with Crippen molar-refractivity contribution in [1.82, 2.24) is 19.5 Å². The fraction of sp³-hybridized carbons (Fsp3) is 0. The summed E-state index contributed by atoms with van der Waals surface area (Å²) >= 11 is 0. The zero-order chi connectivity index (χ0) is 37.5. The first-order valence-electron chi connectivity index (χ1n) is 19.0. The predicted molar refractivity (Wildman–Crippen MR) is 230 cm³/mol. The minimum Gasteiger partial charge on any atom is -0.456 e. The van der Waals surface area contributed by atoms with Gasteiger partial charge < -0.3 is 13.4 Å². The van der Waals surface area contributed by atoms with Gasteiger partial charge in [-0.05, 0) is 71.8 Å². The maximum Gasteiger partial charge on any atom is 0.164 e. The van der Waals surface area contributed by atoms with Gasteiger partial charge in [0.05, 0.1) is 11.0 Å². The van der Waals surface area contributed by atoms with E-state index in [0.717, 1.165) is 71.8 Å². The summed E-state index contributed by atoms with van der Waals surface area (Å²) in [5.74, 6) is 1.74. The monoisotopic (exact) mass is 730 g/mol. The smallest absolute Gasteiger partial charge is 0.164 e. The van der Waals surface area contributed by atoms with Crippen LogP contribution in [0, 0.1) is 0 Å². The number of para-hydroxylation sites is 3. The van der Waals surface area contributed by atoms with Crippen molar-refractivity contribution in [2.75, 3.05) is 0 Å². The second-order valence-electron chi connectivity index (χ2n) is 14.4. The van der Waals surface area contributed by atoms with Crippen LogP contribution in [0.15, 0.2) is 191 Å². The minimum atomic E-state index is 0.563. The molecule has 57 heavy (non-hydrogen) atoms. The van der Waals surface area contributed by atoms with E-state index < -0.39 is 0 Å². The highest BCUT2D eigenvalue weighted by Crippen LogP contribution is 2.41. The molecule has 8 aromatic carbocycles. The zero-order valence-electron chi connectivity index (χ0n) is 30.4. The number of fused-ring (bicyclic) bond motifs is 9. The highest BCUT2D eigenvalue weighted by Gasteiger charge is 2.20. The fourth-order valence-electron chi connectivity index (χ4n) is 8.50. The Morgan fingerprint density at radius 2 is 0.965 bits per heavy atom. The molecule has 0 fully saturated rings. The van der Waals surface area contributed by atoms with Crippen LogP contribution in [0.1, 0.15) is 0 Å². The Balaban J connectivity index is 1.01. The summed E-state index contributed by atoms with van der Waals surface area (Å²) in [6.45, 7) is 0. The Hall–Kier alpha value is -7.83. The van der Waals surface area contributed by atoms with Crippen molar-refractivity contribution in [2.45, 2.75) is 0 Å². The predicted octanol–water partition coefficient (Wildman–Crippen LogP) is 13.4. The van der Waals surface area contributed by atoms with Crippen LogP contribution in [0.25, 0.3) is 117 Å². The number of rotatable bonds is 5. The van der Waals surface area contributed by atoms with Gasteiger partial charge in [-0.25, -0.2) is 15.0 Å². The standard InChI is InChI=1S/C51H30N4O2/c1-3-13-31(14-4-1)49-52-50(54-51(53-49)39-20-12-24-45-48(39)38-18-8-10-23-43(38)56-45)33-25-27-36-40-29-32(26-28-44(40)57-46(36)30-33)35-19-11-22-42-47(35)37-17-7-9-21-41(37)55(42)34-15-5-2-6-16-34/h1-30H. The van der Waals surface area contributed by atoms with Gasteiger partial charge in [0.15, 0.2) is 17.5 Å². The molecule has 12 aromatic rings. The number of aromatic nitrogens is 4. The van der Waals surface area contributed by atoms with Gasteiger partial charge in [-0.2, -0.15) is 0 Å². The molecule has 0 saturated carbocycles. The number of benzene rings is 8. The molecule has 0 saturated heterocycles. The third kappa shape index (κ3) is 4.94. The topological polar surface area (TPSA) is 69.9 Å². The van der Waals surface area contributed by atoms with Crippen LogP contribution in [0.5, 0.6) is 0 Å². The average molecular weight is 731 g/mol. The van der Waals surface area contributed by atoms with Crippen LogP contribution in [0.2, 0.25) is 0 Å². The molecule has 0 aliphatic rings. The number of nitrogens with zero attached hydrogens (tertiary/aromatic N) is 4. The van der Waals surface area contributed by atoms with E-state index in [4.69, 9.17) is 23.8 Å². The summed E-state index contributed by atoms with van der Waals surface area (Å²) < 4.78 is 15.2. The molecule has 0 bridgehead atoms. The SMILES string of the molecule is c1ccc(-c2nc(-c3ccc4c(c3)oc3ccc(-c5cccc6c5c5ccccc5n6-c5ccccc5)cc34)nc(-c3cccc4oc5ccccc5c34)n2)cc1. The van der Waals surface area contributed by atoms with Gasteiger partial charge in [0, 0.05) is 54.7 Å². The Labute approximate surface area is 325 Å². The van der Waals surface area contributed by atoms with Gasteiger partial charge in [0.2, 0.25) is 0 Å². The normalized spacial score (nSPS) is 11.9. The number of hydrogen-bond acceptors (Lipinski definition) is 5. The van der Waals surface area contributed by atoms with Crippen molar-refractivity contribution < 1.29 is 8.83 Å². The molecule has 0 spiro atoms. The molecule has 6 heteroatoms. The number of furan rings is 2. The van der Waals surface area contributed by atoms with E-state index in [1.54, 1.807) is 0 Å². The van der Waals surface area contributed by atoms with Crippen molar-refractivity contribution in [3.8, 4) is 51.0 Å². The van der Waals surface area contributed by atoms with E-state index >= 15 is 0 Å². The first-order valence-corrected chi connectivity index (χ1v) is 19.0. The third-order valence-corrected chi connectivity index (χ3v) is 11.1. The van der Waals surface area contributed by atoms with E-state index in [0.29, 0.717) is 17.5 Å². The molecule has 0 radical (unpaired) electrons. The van der Waals surface area contributed by atoms with Crippen molar-refractivity contribution in [3.05, 3.63) is 182 Å². The lowest BCUT2D eigenvalue weighted by Gasteiger charge is -2.09. The summed E-state index contributed by atoms with van der Waals surface area (Å²) in [6.07, 6.45) is 0. The summed E-state index contributed by atoms with van der Waals surface area (Å²) in [6, 6.07) is 62.7. The largest absolute Gasteiger partial charge is 0.456 e. The second kappa shape index (κ2) is 12.3. The van der Waals surface area contributed by atoms with Crippen molar-refractivity contribution in [2.24, 2.45) is 0 Å². The Kier molecular flexibility index (Phi) is 6.83. The first-order chi connectivity index (χ1) is 28.2. The van der Waals surface area contributed by atoms with Gasteiger partial charge >= 0.3 is 0 Å². The molecule has 0 unspecified atom stereocenters. The van der Waals surface area contributed by atoms with Crippen LogP contribution in [0.3, 0.4) is 0 Å². The molecule has 0 atom stereocenters. The molecule has 0 amide bonds. The van der Waals surface area contributed by atoms with Crippen molar-refractivity contribution in [3.63, 3.8) is 0 Å². The van der Waals surface area contributed by atoms with Gasteiger partial charge in [-0.15, -0.1) is 0 Å². The van der Waals surface area contributed by atoms with E-state index in [2.05, 4.69) is 120 Å². The molecule has 0 aliphatic heterocycles. The van der Waals surface area contributed by atoms with Crippen LogP contribution in [-0.4, -0.2) is 19.5 Å². The lowest BCUT2D eigenvalue weighted by Crippen LogP contribution is -2.00. The van der Waals surface area contributed by atoms with E-state index in [-0.39, 0.29) is 0 Å². The molecular weight excluding hydrogens is 701 g/mol. The molecule has 0 N–H and O–H groups in total. The van der Waals surface area contributed by atoms with Crippen LogP contribution in [-0.2, 0) is 0 Å². The van der Waals surface area contributed by atoms with E-state index in [1.807, 2.05) is 66.7 Å². The van der Waals surface area contributed by atoms with Crippen LogP contribution >= 0.6 is 0 Å². The Morgan fingerprint density at radius 3 is 1.84 bits per heavy atom. The van der Waals surface area contributed by atoms with Gasteiger partial charge in [-0.3, -0.25) is 0 Å². The summed E-state index contributed by atoms with van der Waals surface area (Å²) in [5.41, 5.74) is 11.6. The molecule has 6 nitrogen and oxygen atoms in total. The van der Waals surface area contributed by atoms with Gasteiger partial charge in [0.1, 0.15) is 22.3 Å². The van der Waals surface area contributed by atoms with E-state index in [1.165, 1.54) is 27.4 Å². The quantitative estimate of drug-likeness (QED) is 0.176. The molecular formula is C51H30N4O2. The first kappa shape index (κ1) is 31.5. The van der Waals surface area contributed by atoms with Crippen molar-refractivity contribution in [1.29, 1.82) is 0 Å². The zero-order valence-corrected chi connectivity index (χ0v) is 30.4. The average Bonchev–Trinajstić information content (AvgIpc) is 3.96. The molecule has 266 valence electrons.